The third-order valence-corrected chi connectivity index (χ3v) is 2.67. The number of carbonyl (C=O) groups excluding carboxylic acids is 1. The normalized spacial score (nSPS) is 14.5. The van der Waals surface area contributed by atoms with Gasteiger partial charge in [0.1, 0.15) is 0 Å². The summed E-state index contributed by atoms with van der Waals surface area (Å²) in [4.78, 5) is 10.8. The Bertz CT molecular complexity index is 475. The third-order valence-electron chi connectivity index (χ3n) is 2.67. The van der Waals surface area contributed by atoms with Crippen molar-refractivity contribution in [3.8, 4) is 0 Å². The second-order valence-corrected chi connectivity index (χ2v) is 4.60. The molecule has 0 amide bonds. The van der Waals surface area contributed by atoms with Gasteiger partial charge in [0, 0.05) is 5.57 Å². The van der Waals surface area contributed by atoms with Gasteiger partial charge in [0.05, 0.1) is 13.0 Å². The van der Waals surface area contributed by atoms with E-state index in [-0.39, 0.29) is 0 Å². The van der Waals surface area contributed by atoms with Gasteiger partial charge in [-0.15, -0.1) is 0 Å². The minimum absolute atomic E-state index is 0.407. The van der Waals surface area contributed by atoms with Crippen LogP contribution in [0.2, 0.25) is 0 Å². The minimum atomic E-state index is -7.51. The summed E-state index contributed by atoms with van der Waals surface area (Å²) in [5, 5.41) is 0. The molecule has 0 saturated carbocycles. The van der Waals surface area contributed by atoms with Gasteiger partial charge in [-0.25, -0.2) is 9.18 Å². The Kier molecular flexibility index (Phi) is 5.97. The summed E-state index contributed by atoms with van der Waals surface area (Å²) >= 11 is 0. The molecule has 0 heterocycles. The molecule has 0 radical (unpaired) electrons. The lowest BCUT2D eigenvalue weighted by molar-refractivity contribution is -0.427. The number of carbonyl (C=O) groups is 1. The first kappa shape index (κ1) is 22.4. The molecule has 0 unspecified atom stereocenters. The highest BCUT2D eigenvalue weighted by molar-refractivity contribution is 5.86. The second kappa shape index (κ2) is 6.39. The second-order valence-electron chi connectivity index (χ2n) is 4.60. The fraction of sp³-hybridized carbons (Fsp3) is 0.727. The minimum Gasteiger partial charge on any atom is -0.462 e. The Morgan fingerprint density at radius 2 is 1.25 bits per heavy atom. The van der Waals surface area contributed by atoms with Gasteiger partial charge in [0.2, 0.25) is 0 Å². The van der Waals surface area contributed by atoms with Gasteiger partial charge in [0.15, 0.2) is 0 Å². The van der Waals surface area contributed by atoms with E-state index in [0.717, 1.165) is 6.92 Å². The Balaban J connectivity index is 5.65. The summed E-state index contributed by atoms with van der Waals surface area (Å²) in [6, 6.07) is 0. The molecule has 0 fully saturated rings. The van der Waals surface area contributed by atoms with Crippen LogP contribution in [0.3, 0.4) is 0 Å². The summed E-state index contributed by atoms with van der Waals surface area (Å²) in [7, 11) is 0. The third kappa shape index (κ3) is 3.74. The zero-order valence-corrected chi connectivity index (χ0v) is 11.6. The van der Waals surface area contributed by atoms with Crippen molar-refractivity contribution in [2.45, 2.75) is 43.2 Å². The highest BCUT2D eigenvalue weighted by atomic mass is 19.4. The zero-order chi connectivity index (χ0) is 19.8. The van der Waals surface area contributed by atoms with E-state index in [0.29, 0.717) is 0 Å². The molecule has 13 heteroatoms. The smallest absolute Gasteiger partial charge is 0.438 e. The summed E-state index contributed by atoms with van der Waals surface area (Å²) in [6.45, 7) is 2.26. The molecule has 2 nitrogen and oxygen atoms in total. The zero-order valence-electron chi connectivity index (χ0n) is 11.6. The fourth-order valence-electron chi connectivity index (χ4n) is 1.32. The van der Waals surface area contributed by atoms with Crippen LogP contribution in [0.4, 0.5) is 48.3 Å². The molecule has 0 aromatic rings. The van der Waals surface area contributed by atoms with Crippen LogP contribution in [-0.4, -0.2) is 42.4 Å². The van der Waals surface area contributed by atoms with E-state index in [2.05, 4.69) is 11.3 Å². The molecule has 0 atom stereocenters. The summed E-state index contributed by atoms with van der Waals surface area (Å²) in [5.74, 6) is -14.8. The van der Waals surface area contributed by atoms with Crippen molar-refractivity contribution in [1.82, 2.24) is 0 Å². The van der Waals surface area contributed by atoms with Gasteiger partial charge < -0.3 is 4.74 Å². The van der Waals surface area contributed by atoms with Crippen molar-refractivity contribution < 1.29 is 57.8 Å². The van der Waals surface area contributed by atoms with Gasteiger partial charge in [-0.2, -0.15) is 43.9 Å². The lowest BCUT2D eigenvalue weighted by atomic mass is 9.89. The maximum Gasteiger partial charge on any atom is 0.438 e. The SMILES string of the molecule is C=C(C)C(=O)OCCC(F)(F)C(F)(F)C(F)(C(F)(F)F)C(F)(F)F. The van der Waals surface area contributed by atoms with Gasteiger partial charge in [-0.3, -0.25) is 0 Å². The molecule has 0 aliphatic carbocycles. The van der Waals surface area contributed by atoms with Crippen LogP contribution in [-0.2, 0) is 9.53 Å². The molecule has 0 aliphatic rings. The monoisotopic (exact) mass is 382 g/mol. The number of hydrogen-bond donors (Lipinski definition) is 0. The topological polar surface area (TPSA) is 26.3 Å². The predicted molar refractivity (Wildman–Crippen MR) is 56.2 cm³/mol. The maximum absolute atomic E-state index is 13.2. The van der Waals surface area contributed by atoms with Gasteiger partial charge >= 0.3 is 35.8 Å². The lowest BCUT2D eigenvalue weighted by Gasteiger charge is -2.39. The fourth-order valence-corrected chi connectivity index (χ4v) is 1.32. The first-order valence-corrected chi connectivity index (χ1v) is 5.73. The molecule has 0 bridgehead atoms. The molecule has 142 valence electrons. The van der Waals surface area contributed by atoms with Crippen LogP contribution in [0.5, 0.6) is 0 Å². The van der Waals surface area contributed by atoms with Gasteiger partial charge in [-0.05, 0) is 6.92 Å². The number of halogens is 11. The molecular formula is C11H9F11O2. The van der Waals surface area contributed by atoms with Crippen molar-refractivity contribution in [1.29, 1.82) is 0 Å². The van der Waals surface area contributed by atoms with E-state index in [9.17, 15) is 53.1 Å². The molecular weight excluding hydrogens is 373 g/mol. The van der Waals surface area contributed by atoms with Crippen LogP contribution in [0.25, 0.3) is 0 Å². The number of rotatable bonds is 6. The van der Waals surface area contributed by atoms with Crippen molar-refractivity contribution in [2.75, 3.05) is 6.61 Å². The van der Waals surface area contributed by atoms with E-state index < -0.39 is 54.4 Å². The summed E-state index contributed by atoms with van der Waals surface area (Å²) < 4.78 is 143. The molecule has 24 heavy (non-hydrogen) atoms. The molecule has 0 saturated heterocycles. The summed E-state index contributed by atoms with van der Waals surface area (Å²) in [6.07, 6.45) is -17.3. The van der Waals surface area contributed by atoms with E-state index in [4.69, 9.17) is 0 Å². The van der Waals surface area contributed by atoms with Crippen LogP contribution < -0.4 is 0 Å². The molecule has 0 aromatic carbocycles. The van der Waals surface area contributed by atoms with Crippen molar-refractivity contribution in [2.24, 2.45) is 0 Å². The maximum atomic E-state index is 13.2. The van der Waals surface area contributed by atoms with Gasteiger partial charge in [-0.1, -0.05) is 6.58 Å². The Morgan fingerprint density at radius 1 is 0.875 bits per heavy atom. The van der Waals surface area contributed by atoms with Crippen LogP contribution in [0.1, 0.15) is 13.3 Å². The number of esters is 1. The van der Waals surface area contributed by atoms with Crippen molar-refractivity contribution in [3.05, 3.63) is 12.2 Å². The standard InChI is InChI=1S/C11H9F11O2/c1-5(2)6(23)24-4-3-7(12,13)9(15,16)8(14,10(17,18)19)11(20,21)22/h1,3-4H2,2H3. The first-order valence-electron chi connectivity index (χ1n) is 5.73. The molecule has 0 aliphatic heterocycles. The van der Waals surface area contributed by atoms with E-state index in [1.165, 1.54) is 0 Å². The number of hydrogen-bond acceptors (Lipinski definition) is 2. The van der Waals surface area contributed by atoms with E-state index >= 15 is 0 Å². The average Bonchev–Trinajstić information content (AvgIpc) is 2.33. The van der Waals surface area contributed by atoms with Crippen LogP contribution in [0.15, 0.2) is 12.2 Å². The average molecular weight is 382 g/mol. The Morgan fingerprint density at radius 3 is 1.54 bits per heavy atom. The van der Waals surface area contributed by atoms with Crippen molar-refractivity contribution >= 4 is 5.97 Å². The Labute approximate surface area is 127 Å². The van der Waals surface area contributed by atoms with Gasteiger partial charge in [0.25, 0.3) is 0 Å². The number of alkyl halides is 11. The molecule has 0 aromatic heterocycles. The van der Waals surface area contributed by atoms with Crippen LogP contribution in [0, 0.1) is 0 Å². The predicted octanol–water partition coefficient (Wildman–Crippen LogP) is 4.60. The quantitative estimate of drug-likeness (QED) is 0.381. The highest BCUT2D eigenvalue weighted by Crippen LogP contribution is 2.59. The van der Waals surface area contributed by atoms with E-state index in [1.54, 1.807) is 0 Å². The van der Waals surface area contributed by atoms with Crippen molar-refractivity contribution in [3.63, 3.8) is 0 Å². The number of ether oxygens (including phenoxy) is 1. The molecule has 0 spiro atoms. The molecule has 0 rings (SSSR count). The first-order chi connectivity index (χ1) is 10.3. The van der Waals surface area contributed by atoms with E-state index in [1.807, 2.05) is 0 Å². The van der Waals surface area contributed by atoms with Crippen LogP contribution >= 0.6 is 0 Å². The molecule has 0 N–H and O–H groups in total. The Hall–Kier alpha value is -1.56. The highest BCUT2D eigenvalue weighted by Gasteiger charge is 2.89. The largest absolute Gasteiger partial charge is 0.462 e. The summed E-state index contributed by atoms with van der Waals surface area (Å²) in [5.41, 5.74) is -7.91. The lowest BCUT2D eigenvalue weighted by Crippen LogP contribution is -2.70.